The lowest BCUT2D eigenvalue weighted by molar-refractivity contribution is 0.0723. The second kappa shape index (κ2) is 8.74. The van der Waals surface area contributed by atoms with E-state index in [0.717, 1.165) is 27.9 Å². The van der Waals surface area contributed by atoms with Crippen molar-refractivity contribution in [1.29, 1.82) is 0 Å². The maximum Gasteiger partial charge on any atom is 0.274 e. The first-order valence-electron chi connectivity index (χ1n) is 9.93. The summed E-state index contributed by atoms with van der Waals surface area (Å²) in [5.74, 6) is -0.0901. The second-order valence-corrected chi connectivity index (χ2v) is 7.38. The summed E-state index contributed by atoms with van der Waals surface area (Å²) in [6, 6.07) is 24.3. The van der Waals surface area contributed by atoms with Crippen molar-refractivity contribution in [3.63, 3.8) is 0 Å². The van der Waals surface area contributed by atoms with Gasteiger partial charge in [0.2, 0.25) is 0 Å². The van der Waals surface area contributed by atoms with Crippen LogP contribution < -0.4 is 0 Å². The Morgan fingerprint density at radius 1 is 0.900 bits per heavy atom. The Balaban J connectivity index is 1.63. The van der Waals surface area contributed by atoms with E-state index >= 15 is 0 Å². The number of pyridine rings is 1. The van der Waals surface area contributed by atoms with E-state index < -0.39 is 0 Å². The van der Waals surface area contributed by atoms with Crippen LogP contribution in [0, 0.1) is 6.92 Å². The van der Waals surface area contributed by atoms with E-state index in [4.69, 9.17) is 0 Å². The molecule has 0 atom stereocenters. The minimum Gasteiger partial charge on any atom is -0.329 e. The number of amides is 1. The first-order valence-corrected chi connectivity index (χ1v) is 9.93. The van der Waals surface area contributed by atoms with Crippen molar-refractivity contribution in [2.45, 2.75) is 20.0 Å². The summed E-state index contributed by atoms with van der Waals surface area (Å²) in [5.41, 5.74) is 5.75. The first kappa shape index (κ1) is 19.6. The third kappa shape index (κ3) is 4.46. The van der Waals surface area contributed by atoms with Crippen LogP contribution in [0.1, 0.15) is 27.3 Å². The number of aryl methyl sites for hydroxylation is 2. The van der Waals surface area contributed by atoms with Gasteiger partial charge >= 0.3 is 0 Å². The fourth-order valence-corrected chi connectivity index (χ4v) is 3.44. The summed E-state index contributed by atoms with van der Waals surface area (Å²) in [6.07, 6.45) is 3.53. The smallest absolute Gasteiger partial charge is 0.274 e. The van der Waals surface area contributed by atoms with Crippen molar-refractivity contribution in [2.75, 3.05) is 0 Å². The highest BCUT2D eigenvalue weighted by molar-refractivity contribution is 5.92. The molecule has 4 rings (SSSR count). The van der Waals surface area contributed by atoms with E-state index in [9.17, 15) is 4.79 Å². The molecule has 5 heteroatoms. The van der Waals surface area contributed by atoms with E-state index in [1.165, 1.54) is 0 Å². The molecule has 0 aliphatic heterocycles. The van der Waals surface area contributed by atoms with Gasteiger partial charge in [-0.1, -0.05) is 54.6 Å². The number of hydrogen-bond donors (Lipinski definition) is 0. The molecule has 0 spiro atoms. The van der Waals surface area contributed by atoms with Crippen molar-refractivity contribution in [1.82, 2.24) is 19.7 Å². The van der Waals surface area contributed by atoms with Crippen LogP contribution in [0.5, 0.6) is 0 Å². The minimum absolute atomic E-state index is 0.0901. The zero-order valence-electron chi connectivity index (χ0n) is 17.2. The summed E-state index contributed by atoms with van der Waals surface area (Å²) in [6.45, 7) is 2.90. The van der Waals surface area contributed by atoms with Gasteiger partial charge in [0, 0.05) is 38.2 Å². The Bertz CT molecular complexity index is 1120. The van der Waals surface area contributed by atoms with Crippen LogP contribution in [-0.4, -0.2) is 25.6 Å². The number of carbonyl (C=O) groups is 1. The van der Waals surface area contributed by atoms with Gasteiger partial charge in [-0.05, 0) is 47.4 Å². The van der Waals surface area contributed by atoms with Crippen LogP contribution in [0.4, 0.5) is 0 Å². The number of benzene rings is 2. The molecule has 0 N–H and O–H groups in total. The molecule has 0 radical (unpaired) electrons. The fraction of sp³-hybridized carbons (Fsp3) is 0.160. The van der Waals surface area contributed by atoms with Gasteiger partial charge in [0.1, 0.15) is 0 Å². The quantitative estimate of drug-likeness (QED) is 0.477. The largest absolute Gasteiger partial charge is 0.329 e. The topological polar surface area (TPSA) is 51.0 Å². The molecule has 150 valence electrons. The minimum atomic E-state index is -0.0901. The lowest BCUT2D eigenvalue weighted by Gasteiger charge is -2.22. The van der Waals surface area contributed by atoms with E-state index in [2.05, 4.69) is 40.4 Å². The summed E-state index contributed by atoms with van der Waals surface area (Å²) in [4.78, 5) is 19.3. The van der Waals surface area contributed by atoms with E-state index in [1.807, 2.05) is 61.3 Å². The predicted octanol–water partition coefficient (Wildman–Crippen LogP) is 4.63. The Labute approximate surface area is 176 Å². The van der Waals surface area contributed by atoms with E-state index in [-0.39, 0.29) is 5.91 Å². The highest BCUT2D eigenvalue weighted by atomic mass is 16.2. The maximum atomic E-state index is 13.3. The normalized spacial score (nSPS) is 10.7. The van der Waals surface area contributed by atoms with Gasteiger partial charge in [0.15, 0.2) is 5.69 Å². The van der Waals surface area contributed by atoms with Crippen molar-refractivity contribution in [2.24, 2.45) is 7.05 Å². The van der Waals surface area contributed by atoms with Crippen LogP contribution in [0.25, 0.3) is 11.1 Å². The van der Waals surface area contributed by atoms with Crippen LogP contribution >= 0.6 is 0 Å². The fourth-order valence-electron chi connectivity index (χ4n) is 3.44. The molecular weight excluding hydrogens is 372 g/mol. The van der Waals surface area contributed by atoms with Crippen molar-refractivity contribution < 1.29 is 4.79 Å². The Morgan fingerprint density at radius 2 is 1.63 bits per heavy atom. The molecule has 4 aromatic rings. The number of aromatic nitrogens is 3. The molecule has 0 saturated carbocycles. The first-order chi connectivity index (χ1) is 14.6. The van der Waals surface area contributed by atoms with Gasteiger partial charge in [0.05, 0.1) is 0 Å². The number of carbonyl (C=O) groups excluding carboxylic acids is 1. The average Bonchev–Trinajstić information content (AvgIpc) is 3.12. The molecule has 2 aromatic heterocycles. The monoisotopic (exact) mass is 396 g/mol. The molecule has 0 unspecified atom stereocenters. The lowest BCUT2D eigenvalue weighted by Crippen LogP contribution is -2.30. The SMILES string of the molecule is Cc1cc(C(=O)N(Cc2cccnc2)Cc2cccc(-c3ccccc3)c2)nn1C. The Morgan fingerprint density at radius 3 is 2.33 bits per heavy atom. The Kier molecular flexibility index (Phi) is 5.70. The average molecular weight is 396 g/mol. The summed E-state index contributed by atoms with van der Waals surface area (Å²) >= 11 is 0. The van der Waals surface area contributed by atoms with Crippen molar-refractivity contribution in [3.05, 3.63) is 108 Å². The molecule has 30 heavy (non-hydrogen) atoms. The van der Waals surface area contributed by atoms with Crippen LogP contribution in [0.3, 0.4) is 0 Å². The van der Waals surface area contributed by atoms with Gasteiger partial charge in [-0.2, -0.15) is 5.10 Å². The van der Waals surface area contributed by atoms with Gasteiger partial charge in [-0.3, -0.25) is 14.5 Å². The molecular formula is C25H24N4O. The maximum absolute atomic E-state index is 13.3. The number of rotatable bonds is 6. The zero-order chi connectivity index (χ0) is 20.9. The summed E-state index contributed by atoms with van der Waals surface area (Å²) < 4.78 is 1.73. The molecule has 0 aliphatic rings. The summed E-state index contributed by atoms with van der Waals surface area (Å²) in [5, 5.41) is 4.39. The van der Waals surface area contributed by atoms with E-state index in [1.54, 1.807) is 17.1 Å². The highest BCUT2D eigenvalue weighted by Gasteiger charge is 2.20. The van der Waals surface area contributed by atoms with E-state index in [0.29, 0.717) is 18.8 Å². The third-order valence-electron chi connectivity index (χ3n) is 5.12. The lowest BCUT2D eigenvalue weighted by atomic mass is 10.0. The van der Waals surface area contributed by atoms with Gasteiger partial charge < -0.3 is 4.90 Å². The molecule has 5 nitrogen and oxygen atoms in total. The Hall–Kier alpha value is -3.73. The molecule has 1 amide bonds. The predicted molar refractivity (Wildman–Crippen MR) is 118 cm³/mol. The zero-order valence-corrected chi connectivity index (χ0v) is 17.2. The molecule has 0 aliphatic carbocycles. The molecule has 0 saturated heterocycles. The highest BCUT2D eigenvalue weighted by Crippen LogP contribution is 2.22. The molecule has 2 aromatic carbocycles. The number of hydrogen-bond acceptors (Lipinski definition) is 3. The summed E-state index contributed by atoms with van der Waals surface area (Å²) in [7, 11) is 1.85. The molecule has 2 heterocycles. The van der Waals surface area contributed by atoms with Crippen molar-refractivity contribution in [3.8, 4) is 11.1 Å². The van der Waals surface area contributed by atoms with Crippen molar-refractivity contribution >= 4 is 5.91 Å². The van der Waals surface area contributed by atoms with Gasteiger partial charge in [0.25, 0.3) is 5.91 Å². The second-order valence-electron chi connectivity index (χ2n) is 7.38. The van der Waals surface area contributed by atoms with Gasteiger partial charge in [-0.15, -0.1) is 0 Å². The van der Waals surface area contributed by atoms with Crippen LogP contribution in [0.15, 0.2) is 85.2 Å². The molecule has 0 bridgehead atoms. The van der Waals surface area contributed by atoms with Crippen LogP contribution in [0.2, 0.25) is 0 Å². The van der Waals surface area contributed by atoms with Crippen LogP contribution in [-0.2, 0) is 20.1 Å². The van der Waals surface area contributed by atoms with Gasteiger partial charge in [-0.25, -0.2) is 0 Å². The number of nitrogens with zero attached hydrogens (tertiary/aromatic N) is 4. The molecule has 0 fully saturated rings. The standard InChI is InChI=1S/C25H24N4O/c1-19-14-24(27-28(19)2)25(30)29(18-21-9-7-13-26-16-21)17-20-8-6-12-23(15-20)22-10-4-3-5-11-22/h3-16H,17-18H2,1-2H3. The third-order valence-corrected chi connectivity index (χ3v) is 5.12.